The molecule has 2 bridgehead atoms. The molecule has 1 saturated carbocycles. The van der Waals surface area contributed by atoms with E-state index >= 15 is 0 Å². The molecule has 27 heavy (non-hydrogen) atoms. The third-order valence-corrected chi connectivity index (χ3v) is 7.32. The van der Waals surface area contributed by atoms with Crippen LogP contribution in [0.25, 0.3) is 0 Å². The molecule has 140 valence electrons. The van der Waals surface area contributed by atoms with E-state index in [2.05, 4.69) is 11.9 Å². The van der Waals surface area contributed by atoms with E-state index in [1.54, 1.807) is 0 Å². The summed E-state index contributed by atoms with van der Waals surface area (Å²) in [6.07, 6.45) is 3.40. The van der Waals surface area contributed by atoms with Gasteiger partial charge in [0.05, 0.1) is 0 Å². The molecule has 2 saturated heterocycles. The molecule has 2 aliphatic heterocycles. The highest BCUT2D eigenvalue weighted by Gasteiger charge is 2.60. The van der Waals surface area contributed by atoms with Gasteiger partial charge in [-0.25, -0.2) is 0 Å². The number of carbonyl (C=O) groups is 1. The fourth-order valence-electron chi connectivity index (χ4n) is 5.60. The highest BCUT2D eigenvalue weighted by atomic mass is 16.5. The molecule has 3 aliphatic rings. The number of esters is 1. The lowest BCUT2D eigenvalue weighted by Crippen LogP contribution is -2.48. The van der Waals surface area contributed by atoms with Gasteiger partial charge in [0.15, 0.2) is 0 Å². The van der Waals surface area contributed by atoms with E-state index in [4.69, 9.17) is 4.74 Å². The van der Waals surface area contributed by atoms with Gasteiger partial charge in [0, 0.05) is 24.9 Å². The van der Waals surface area contributed by atoms with Crippen molar-refractivity contribution in [2.24, 2.45) is 11.8 Å². The molecule has 0 spiro atoms. The Bertz CT molecular complexity index is 776. The first-order valence-corrected chi connectivity index (χ1v) is 10.1. The molecule has 0 N–H and O–H groups in total. The normalized spacial score (nSPS) is 32.0. The molecule has 2 aromatic carbocycles. The minimum atomic E-state index is -0.784. The molecule has 3 nitrogen and oxygen atoms in total. The summed E-state index contributed by atoms with van der Waals surface area (Å²) in [4.78, 5) is 16.0. The molecule has 3 fully saturated rings. The van der Waals surface area contributed by atoms with Gasteiger partial charge in [-0.05, 0) is 43.4 Å². The fourth-order valence-corrected chi connectivity index (χ4v) is 5.60. The Labute approximate surface area is 161 Å². The van der Waals surface area contributed by atoms with Crippen molar-refractivity contribution in [3.63, 3.8) is 0 Å². The lowest BCUT2D eigenvalue weighted by molar-refractivity contribution is -0.157. The average Bonchev–Trinajstić information content (AvgIpc) is 3.47. The Kier molecular flexibility index (Phi) is 3.90. The number of fused-ring (bicyclic) bond motifs is 5. The SMILES string of the molecule is CN1C2C[C@H](OC(=O)C(C)(c3ccccc3)c3ccccc3)C[C@H]1[C@H]1CC21. The summed E-state index contributed by atoms with van der Waals surface area (Å²) in [5, 5.41) is 0. The molecule has 1 aliphatic carbocycles. The van der Waals surface area contributed by atoms with E-state index in [0.717, 1.165) is 35.8 Å². The van der Waals surface area contributed by atoms with E-state index in [9.17, 15) is 4.79 Å². The summed E-state index contributed by atoms with van der Waals surface area (Å²) in [5.41, 5.74) is 1.19. The van der Waals surface area contributed by atoms with Crippen LogP contribution in [-0.2, 0) is 14.9 Å². The molecule has 2 aromatic rings. The monoisotopic (exact) mass is 361 g/mol. The van der Waals surface area contributed by atoms with Crippen LogP contribution in [0.1, 0.15) is 37.3 Å². The number of benzene rings is 2. The highest BCUT2D eigenvalue weighted by Crippen LogP contribution is 2.58. The van der Waals surface area contributed by atoms with Crippen LogP contribution in [-0.4, -0.2) is 36.1 Å². The summed E-state index contributed by atoms with van der Waals surface area (Å²) in [6, 6.07) is 21.3. The molecule has 0 aromatic heterocycles. The van der Waals surface area contributed by atoms with Crippen LogP contribution in [0.2, 0.25) is 0 Å². The number of carbonyl (C=O) groups excluding carboxylic acids is 1. The second-order valence-electron chi connectivity index (χ2n) is 8.72. The molecule has 2 heterocycles. The topological polar surface area (TPSA) is 29.5 Å². The summed E-state index contributed by atoms with van der Waals surface area (Å²) >= 11 is 0. The molecule has 2 unspecified atom stereocenters. The maximum Gasteiger partial charge on any atom is 0.321 e. The molecular weight excluding hydrogens is 334 g/mol. The maximum absolute atomic E-state index is 13.5. The molecule has 5 atom stereocenters. The minimum absolute atomic E-state index is 0.0447. The molecule has 5 rings (SSSR count). The third-order valence-electron chi connectivity index (χ3n) is 7.32. The first-order valence-electron chi connectivity index (χ1n) is 10.1. The maximum atomic E-state index is 13.5. The van der Waals surface area contributed by atoms with Crippen LogP contribution in [0.15, 0.2) is 60.7 Å². The standard InChI is InChI=1S/C24H27NO2/c1-24(16-9-5-3-6-10-16,17-11-7-4-8-12-17)23(26)27-18-13-21-19-15-20(19)22(14-18)25(21)2/h3-12,18-22H,13-15H2,1-2H3/t18-,19+,20?,21+,22?/m1/s1. The molecule has 0 radical (unpaired) electrons. The first kappa shape index (κ1) is 17.0. The van der Waals surface area contributed by atoms with Gasteiger partial charge in [0.2, 0.25) is 0 Å². The number of ether oxygens (including phenoxy) is 1. The zero-order valence-corrected chi connectivity index (χ0v) is 16.0. The zero-order valence-electron chi connectivity index (χ0n) is 16.0. The van der Waals surface area contributed by atoms with Crippen molar-refractivity contribution in [3.05, 3.63) is 71.8 Å². The van der Waals surface area contributed by atoms with Gasteiger partial charge in [-0.3, -0.25) is 9.69 Å². The van der Waals surface area contributed by atoms with Crippen LogP contribution < -0.4 is 0 Å². The van der Waals surface area contributed by atoms with Crippen molar-refractivity contribution in [2.75, 3.05) is 7.05 Å². The Hall–Kier alpha value is -2.13. The van der Waals surface area contributed by atoms with Crippen molar-refractivity contribution in [3.8, 4) is 0 Å². The van der Waals surface area contributed by atoms with Crippen LogP contribution >= 0.6 is 0 Å². The van der Waals surface area contributed by atoms with Gasteiger partial charge in [-0.2, -0.15) is 0 Å². The van der Waals surface area contributed by atoms with Gasteiger partial charge < -0.3 is 4.74 Å². The zero-order chi connectivity index (χ0) is 18.6. The highest BCUT2D eigenvalue weighted by molar-refractivity contribution is 5.87. The predicted molar refractivity (Wildman–Crippen MR) is 105 cm³/mol. The van der Waals surface area contributed by atoms with E-state index in [1.165, 1.54) is 6.42 Å². The molecule has 3 heteroatoms. The van der Waals surface area contributed by atoms with Gasteiger partial charge in [-0.1, -0.05) is 60.7 Å². The van der Waals surface area contributed by atoms with E-state index < -0.39 is 5.41 Å². The van der Waals surface area contributed by atoms with Crippen LogP contribution in [0.3, 0.4) is 0 Å². The predicted octanol–water partition coefficient (Wildman–Crippen LogP) is 4.02. The fraction of sp³-hybridized carbons (Fsp3) is 0.458. The Balaban J connectivity index is 1.42. The number of hydrogen-bond acceptors (Lipinski definition) is 3. The average molecular weight is 361 g/mol. The lowest BCUT2D eigenvalue weighted by Gasteiger charge is -2.40. The Morgan fingerprint density at radius 3 is 1.85 bits per heavy atom. The summed E-state index contributed by atoms with van der Waals surface area (Å²) in [5.74, 6) is 1.57. The van der Waals surface area contributed by atoms with Crippen molar-refractivity contribution >= 4 is 5.97 Å². The third kappa shape index (κ3) is 2.63. The van der Waals surface area contributed by atoms with E-state index in [0.29, 0.717) is 12.1 Å². The minimum Gasteiger partial charge on any atom is -0.461 e. The number of hydrogen-bond donors (Lipinski definition) is 0. The van der Waals surface area contributed by atoms with Gasteiger partial charge in [0.25, 0.3) is 0 Å². The summed E-state index contributed by atoms with van der Waals surface area (Å²) < 4.78 is 6.20. The van der Waals surface area contributed by atoms with Crippen molar-refractivity contribution < 1.29 is 9.53 Å². The second-order valence-corrected chi connectivity index (χ2v) is 8.72. The van der Waals surface area contributed by atoms with Crippen molar-refractivity contribution in [2.45, 2.75) is 49.8 Å². The Morgan fingerprint density at radius 1 is 0.889 bits per heavy atom. The van der Waals surface area contributed by atoms with Gasteiger partial charge in [-0.15, -0.1) is 0 Å². The van der Waals surface area contributed by atoms with Crippen molar-refractivity contribution in [1.82, 2.24) is 4.90 Å². The van der Waals surface area contributed by atoms with Crippen LogP contribution in [0.5, 0.6) is 0 Å². The number of rotatable bonds is 4. The van der Waals surface area contributed by atoms with Gasteiger partial charge >= 0.3 is 5.97 Å². The van der Waals surface area contributed by atoms with Crippen LogP contribution in [0, 0.1) is 11.8 Å². The Morgan fingerprint density at radius 2 is 1.37 bits per heavy atom. The molecular formula is C24H27NO2. The number of piperidine rings is 2. The summed E-state index contributed by atoms with van der Waals surface area (Å²) in [7, 11) is 2.25. The second kappa shape index (κ2) is 6.20. The van der Waals surface area contributed by atoms with Crippen molar-refractivity contribution in [1.29, 1.82) is 0 Å². The van der Waals surface area contributed by atoms with E-state index in [1.807, 2.05) is 67.6 Å². The molecule has 0 amide bonds. The van der Waals surface area contributed by atoms with E-state index in [-0.39, 0.29) is 12.1 Å². The lowest BCUT2D eigenvalue weighted by atomic mass is 9.76. The van der Waals surface area contributed by atoms with Gasteiger partial charge in [0.1, 0.15) is 11.5 Å². The number of nitrogens with zero attached hydrogens (tertiary/aromatic N) is 1. The quantitative estimate of drug-likeness (QED) is 0.771. The largest absolute Gasteiger partial charge is 0.461 e. The summed E-state index contributed by atoms with van der Waals surface area (Å²) in [6.45, 7) is 2.00. The smallest absolute Gasteiger partial charge is 0.321 e. The first-order chi connectivity index (χ1) is 13.1. The van der Waals surface area contributed by atoms with Crippen LogP contribution in [0.4, 0.5) is 0 Å².